The Hall–Kier alpha value is -1.25. The van der Waals surface area contributed by atoms with Gasteiger partial charge in [-0.3, -0.25) is 0 Å². The van der Waals surface area contributed by atoms with Crippen LogP contribution in [-0.2, 0) is 6.42 Å². The lowest BCUT2D eigenvalue weighted by Gasteiger charge is -2.13. The molecular formula is C19H17BrS. The highest BCUT2D eigenvalue weighted by Crippen LogP contribution is 2.31. The Bertz CT molecular complexity index is 729. The Morgan fingerprint density at radius 1 is 0.905 bits per heavy atom. The third kappa shape index (κ3) is 3.33. The zero-order valence-electron chi connectivity index (χ0n) is 11.9. The van der Waals surface area contributed by atoms with Crippen molar-refractivity contribution < 1.29 is 0 Å². The zero-order valence-corrected chi connectivity index (χ0v) is 14.3. The minimum Gasteiger partial charge on any atom is -0.130 e. The van der Waals surface area contributed by atoms with Gasteiger partial charge in [-0.15, -0.1) is 11.8 Å². The highest BCUT2D eigenvalue weighted by atomic mass is 79.9. The molecule has 0 aliphatic rings. The van der Waals surface area contributed by atoms with Gasteiger partial charge in [-0.05, 0) is 46.7 Å². The van der Waals surface area contributed by atoms with Gasteiger partial charge in [0.15, 0.2) is 0 Å². The monoisotopic (exact) mass is 356 g/mol. The Kier molecular flexibility index (Phi) is 4.67. The molecule has 0 saturated heterocycles. The van der Waals surface area contributed by atoms with Gasteiger partial charge >= 0.3 is 0 Å². The van der Waals surface area contributed by atoms with Crippen LogP contribution in [-0.4, -0.2) is 6.26 Å². The predicted molar refractivity (Wildman–Crippen MR) is 97.5 cm³/mol. The molecule has 0 aromatic heterocycles. The molecule has 0 spiro atoms. The summed E-state index contributed by atoms with van der Waals surface area (Å²) in [5.41, 5.74) is 2.73. The number of hydrogen-bond donors (Lipinski definition) is 0. The summed E-state index contributed by atoms with van der Waals surface area (Å²) in [5, 5.41) is 2.66. The first-order chi connectivity index (χ1) is 10.3. The number of hydrogen-bond acceptors (Lipinski definition) is 1. The van der Waals surface area contributed by atoms with Crippen molar-refractivity contribution in [3.63, 3.8) is 0 Å². The fourth-order valence-corrected chi connectivity index (χ4v) is 3.66. The molecule has 1 atom stereocenters. The molecule has 106 valence electrons. The van der Waals surface area contributed by atoms with E-state index in [1.807, 2.05) is 0 Å². The maximum absolute atomic E-state index is 3.85. The van der Waals surface area contributed by atoms with Gasteiger partial charge in [0.25, 0.3) is 0 Å². The first kappa shape index (κ1) is 14.7. The maximum atomic E-state index is 3.85. The molecule has 0 heterocycles. The van der Waals surface area contributed by atoms with Crippen molar-refractivity contribution >= 4 is 38.5 Å². The summed E-state index contributed by atoms with van der Waals surface area (Å²) in [6.45, 7) is 0. The molecule has 3 aromatic carbocycles. The average Bonchev–Trinajstić information content (AvgIpc) is 2.55. The van der Waals surface area contributed by atoms with Gasteiger partial charge < -0.3 is 0 Å². The smallest absolute Gasteiger partial charge is 0.0435 e. The molecule has 21 heavy (non-hydrogen) atoms. The van der Waals surface area contributed by atoms with Gasteiger partial charge in [0.1, 0.15) is 0 Å². The van der Waals surface area contributed by atoms with E-state index in [9.17, 15) is 0 Å². The van der Waals surface area contributed by atoms with Crippen LogP contribution in [0.15, 0.2) is 71.6 Å². The van der Waals surface area contributed by atoms with Crippen molar-refractivity contribution in [3.05, 3.63) is 77.9 Å². The van der Waals surface area contributed by atoms with Crippen LogP contribution < -0.4 is 0 Å². The third-order valence-electron chi connectivity index (χ3n) is 3.76. The first-order valence-corrected chi connectivity index (χ1v) is 9.16. The van der Waals surface area contributed by atoms with E-state index in [0.717, 1.165) is 6.42 Å². The largest absolute Gasteiger partial charge is 0.130 e. The fraction of sp³-hybridized carbons (Fsp3) is 0.158. The first-order valence-electron chi connectivity index (χ1n) is 7.02. The summed E-state index contributed by atoms with van der Waals surface area (Å²) in [6.07, 6.45) is 3.11. The zero-order chi connectivity index (χ0) is 14.7. The fourth-order valence-electron chi connectivity index (χ4n) is 2.59. The molecule has 3 rings (SSSR count). The second-order valence-corrected chi connectivity index (χ2v) is 7.07. The molecule has 0 nitrogen and oxygen atoms in total. The SMILES string of the molecule is CSc1ccc(C(Br)Cc2cccc3ccccc23)cc1. The summed E-state index contributed by atoms with van der Waals surface area (Å²) >= 11 is 5.63. The van der Waals surface area contributed by atoms with Gasteiger partial charge in [-0.2, -0.15) is 0 Å². The quantitative estimate of drug-likeness (QED) is 0.393. The molecule has 0 bridgehead atoms. The second kappa shape index (κ2) is 6.67. The number of alkyl halides is 1. The lowest BCUT2D eigenvalue weighted by Crippen LogP contribution is -1.96. The van der Waals surface area contributed by atoms with Crippen LogP contribution in [0.3, 0.4) is 0 Å². The van der Waals surface area contributed by atoms with Crippen molar-refractivity contribution in [2.75, 3.05) is 6.26 Å². The topological polar surface area (TPSA) is 0 Å². The molecular weight excluding hydrogens is 340 g/mol. The maximum Gasteiger partial charge on any atom is 0.0435 e. The Morgan fingerprint density at radius 2 is 1.62 bits per heavy atom. The van der Waals surface area contributed by atoms with Crippen molar-refractivity contribution in [3.8, 4) is 0 Å². The van der Waals surface area contributed by atoms with Gasteiger partial charge in [-0.25, -0.2) is 0 Å². The predicted octanol–water partition coefficient (Wildman–Crippen LogP) is 6.24. The van der Waals surface area contributed by atoms with Crippen molar-refractivity contribution in [1.29, 1.82) is 0 Å². The van der Waals surface area contributed by atoms with Crippen LogP contribution >= 0.6 is 27.7 Å². The van der Waals surface area contributed by atoms with E-state index >= 15 is 0 Å². The summed E-state index contributed by atoms with van der Waals surface area (Å²) in [5.74, 6) is 0. The number of benzene rings is 3. The molecule has 2 heteroatoms. The second-order valence-electron chi connectivity index (χ2n) is 5.08. The normalized spacial score (nSPS) is 12.5. The Labute approximate surface area is 138 Å². The van der Waals surface area contributed by atoms with E-state index in [-0.39, 0.29) is 0 Å². The Balaban J connectivity index is 1.87. The Morgan fingerprint density at radius 3 is 2.38 bits per heavy atom. The van der Waals surface area contributed by atoms with Crippen LogP contribution in [0.2, 0.25) is 0 Å². The van der Waals surface area contributed by atoms with Crippen molar-refractivity contribution in [2.24, 2.45) is 0 Å². The summed E-state index contributed by atoms with van der Waals surface area (Å²) in [6, 6.07) is 24.0. The van der Waals surface area contributed by atoms with Crippen LogP contribution in [0.1, 0.15) is 16.0 Å². The number of fused-ring (bicyclic) bond motifs is 1. The lowest BCUT2D eigenvalue weighted by atomic mass is 9.98. The van der Waals surface area contributed by atoms with Crippen LogP contribution in [0.4, 0.5) is 0 Å². The van der Waals surface area contributed by atoms with Gasteiger partial charge in [0.05, 0.1) is 0 Å². The molecule has 0 aliphatic heterocycles. The molecule has 0 fully saturated rings. The average molecular weight is 357 g/mol. The van der Waals surface area contributed by atoms with Crippen LogP contribution in [0, 0.1) is 0 Å². The highest BCUT2D eigenvalue weighted by Gasteiger charge is 2.10. The summed E-state index contributed by atoms with van der Waals surface area (Å²) in [7, 11) is 0. The van der Waals surface area contributed by atoms with Gasteiger partial charge in [0, 0.05) is 9.72 Å². The molecule has 0 aliphatic carbocycles. The van der Waals surface area contributed by atoms with Crippen molar-refractivity contribution in [2.45, 2.75) is 16.1 Å². The molecule has 0 N–H and O–H groups in total. The van der Waals surface area contributed by atoms with Crippen molar-refractivity contribution in [1.82, 2.24) is 0 Å². The summed E-state index contributed by atoms with van der Waals surface area (Å²) < 4.78 is 0. The standard InChI is InChI=1S/C19H17BrS/c1-21-17-11-9-15(10-12-17)19(20)13-16-7-4-6-14-5-2-3-8-18(14)16/h2-12,19H,13H2,1H3. The molecule has 3 aromatic rings. The minimum atomic E-state index is 0.346. The van der Waals surface area contributed by atoms with Gasteiger partial charge in [0.2, 0.25) is 0 Å². The van der Waals surface area contributed by atoms with Gasteiger partial charge in [-0.1, -0.05) is 70.5 Å². The van der Waals surface area contributed by atoms with E-state index in [1.54, 1.807) is 11.8 Å². The third-order valence-corrected chi connectivity index (χ3v) is 5.35. The number of thioether (sulfide) groups is 1. The van der Waals surface area contributed by atoms with E-state index < -0.39 is 0 Å². The number of halogens is 1. The van der Waals surface area contributed by atoms with Crippen LogP contribution in [0.25, 0.3) is 10.8 Å². The lowest BCUT2D eigenvalue weighted by molar-refractivity contribution is 0.955. The van der Waals surface area contributed by atoms with E-state index in [4.69, 9.17) is 0 Å². The molecule has 1 unspecified atom stereocenters. The van der Waals surface area contributed by atoms with E-state index in [1.165, 1.54) is 26.8 Å². The highest BCUT2D eigenvalue weighted by molar-refractivity contribution is 9.09. The number of rotatable bonds is 4. The molecule has 0 amide bonds. The summed E-state index contributed by atoms with van der Waals surface area (Å²) in [4.78, 5) is 1.66. The van der Waals surface area contributed by atoms with E-state index in [2.05, 4.69) is 88.9 Å². The van der Waals surface area contributed by atoms with E-state index in [0.29, 0.717) is 4.83 Å². The molecule has 0 saturated carbocycles. The molecule has 0 radical (unpaired) electrons. The van der Waals surface area contributed by atoms with Crippen LogP contribution in [0.5, 0.6) is 0 Å². The minimum absolute atomic E-state index is 0.346.